The Kier molecular flexibility index (Phi) is 4.35. The lowest BCUT2D eigenvalue weighted by molar-refractivity contribution is -0.0643. The van der Waals surface area contributed by atoms with E-state index in [1.807, 2.05) is 0 Å². The Morgan fingerprint density at radius 2 is 1.89 bits per heavy atom. The summed E-state index contributed by atoms with van der Waals surface area (Å²) in [5.41, 5.74) is -0.100. The first kappa shape index (κ1) is 14.3. The fourth-order valence-corrected chi connectivity index (χ4v) is 3.76. The molecule has 0 bridgehead atoms. The van der Waals surface area contributed by atoms with Gasteiger partial charge in [-0.25, -0.2) is 0 Å². The molecule has 18 heavy (non-hydrogen) atoms. The number of hydrogen-bond acceptors (Lipinski definition) is 3. The van der Waals surface area contributed by atoms with Gasteiger partial charge in [0.2, 0.25) is 0 Å². The van der Waals surface area contributed by atoms with E-state index in [2.05, 4.69) is 26.1 Å². The smallest absolute Gasteiger partial charge is 0.0815 e. The van der Waals surface area contributed by atoms with Gasteiger partial charge in [0.1, 0.15) is 0 Å². The predicted octanol–water partition coefficient (Wildman–Crippen LogP) is 2.33. The molecule has 1 aliphatic heterocycles. The van der Waals surface area contributed by atoms with Gasteiger partial charge in [-0.2, -0.15) is 0 Å². The maximum absolute atomic E-state index is 10.5. The zero-order valence-corrected chi connectivity index (χ0v) is 12.2. The fourth-order valence-electron chi connectivity index (χ4n) is 3.76. The van der Waals surface area contributed by atoms with Gasteiger partial charge in [-0.15, -0.1) is 0 Å². The van der Waals surface area contributed by atoms with E-state index in [-0.39, 0.29) is 0 Å². The SMILES string of the molecule is CC1CC(NCC2(O)CCOCC2)CC(C)(C)C1. The molecular formula is C15H29NO2. The molecule has 2 unspecified atom stereocenters. The highest BCUT2D eigenvalue weighted by Crippen LogP contribution is 2.38. The van der Waals surface area contributed by atoms with Crippen LogP contribution in [0, 0.1) is 11.3 Å². The summed E-state index contributed by atoms with van der Waals surface area (Å²) in [6, 6.07) is 0.565. The lowest BCUT2D eigenvalue weighted by atomic mass is 9.70. The molecule has 2 fully saturated rings. The molecule has 2 aliphatic rings. The number of nitrogens with one attached hydrogen (secondary N) is 1. The van der Waals surface area contributed by atoms with Gasteiger partial charge in [-0.05, 0) is 30.6 Å². The molecule has 1 aliphatic carbocycles. The third-order valence-corrected chi connectivity index (χ3v) is 4.53. The number of ether oxygens (including phenoxy) is 1. The van der Waals surface area contributed by atoms with Crippen molar-refractivity contribution in [2.75, 3.05) is 19.8 Å². The summed E-state index contributed by atoms with van der Waals surface area (Å²) < 4.78 is 5.32. The van der Waals surface area contributed by atoms with E-state index in [0.29, 0.717) is 24.7 Å². The van der Waals surface area contributed by atoms with Crippen LogP contribution < -0.4 is 5.32 Å². The Balaban J connectivity index is 1.82. The molecule has 0 amide bonds. The van der Waals surface area contributed by atoms with Gasteiger partial charge < -0.3 is 15.2 Å². The lowest BCUT2D eigenvalue weighted by Gasteiger charge is -2.41. The van der Waals surface area contributed by atoms with Crippen molar-refractivity contribution in [3.63, 3.8) is 0 Å². The molecule has 3 heteroatoms. The van der Waals surface area contributed by atoms with E-state index in [4.69, 9.17) is 4.74 Å². The quantitative estimate of drug-likeness (QED) is 0.813. The van der Waals surface area contributed by atoms with Crippen molar-refractivity contribution in [2.45, 2.75) is 64.5 Å². The minimum atomic E-state index is -0.539. The second-order valence-corrected chi connectivity index (χ2v) is 7.33. The van der Waals surface area contributed by atoms with E-state index >= 15 is 0 Å². The first-order valence-corrected chi connectivity index (χ1v) is 7.42. The molecule has 1 saturated heterocycles. The number of hydrogen-bond donors (Lipinski definition) is 2. The van der Waals surface area contributed by atoms with E-state index < -0.39 is 5.60 Å². The minimum Gasteiger partial charge on any atom is -0.388 e. The zero-order chi connectivity index (χ0) is 13.2. The molecule has 0 spiro atoms. The Morgan fingerprint density at radius 1 is 1.22 bits per heavy atom. The van der Waals surface area contributed by atoms with Crippen molar-refractivity contribution in [1.29, 1.82) is 0 Å². The standard InChI is InChI=1S/C15H29NO2/c1-12-8-13(10-14(2,3)9-12)16-11-15(17)4-6-18-7-5-15/h12-13,16-17H,4-11H2,1-3H3. The first-order chi connectivity index (χ1) is 8.39. The van der Waals surface area contributed by atoms with E-state index in [9.17, 15) is 5.11 Å². The third kappa shape index (κ3) is 3.94. The second-order valence-electron chi connectivity index (χ2n) is 7.33. The van der Waals surface area contributed by atoms with Crippen LogP contribution in [0.2, 0.25) is 0 Å². The molecular weight excluding hydrogens is 226 g/mol. The molecule has 0 aromatic carbocycles. The summed E-state index contributed by atoms with van der Waals surface area (Å²) in [6.07, 6.45) is 5.33. The van der Waals surface area contributed by atoms with E-state index in [0.717, 1.165) is 25.3 Å². The van der Waals surface area contributed by atoms with Crippen LogP contribution in [-0.2, 0) is 4.74 Å². The Hall–Kier alpha value is -0.120. The Bertz CT molecular complexity index is 272. The topological polar surface area (TPSA) is 41.5 Å². The molecule has 0 aromatic heterocycles. The van der Waals surface area contributed by atoms with Crippen LogP contribution in [0.4, 0.5) is 0 Å². The highest BCUT2D eigenvalue weighted by molar-refractivity contribution is 4.90. The van der Waals surface area contributed by atoms with Crippen LogP contribution in [0.1, 0.15) is 52.9 Å². The molecule has 1 saturated carbocycles. The summed E-state index contributed by atoms with van der Waals surface area (Å²) in [5.74, 6) is 0.788. The van der Waals surface area contributed by atoms with Gasteiger partial charge >= 0.3 is 0 Å². The molecule has 1 heterocycles. The molecule has 2 rings (SSSR count). The number of aliphatic hydroxyl groups is 1. The molecule has 3 nitrogen and oxygen atoms in total. The summed E-state index contributed by atoms with van der Waals surface area (Å²) in [5, 5.41) is 14.1. The van der Waals surface area contributed by atoms with Gasteiger partial charge in [-0.3, -0.25) is 0 Å². The average Bonchev–Trinajstić information content (AvgIpc) is 2.25. The monoisotopic (exact) mass is 255 g/mol. The largest absolute Gasteiger partial charge is 0.388 e. The summed E-state index contributed by atoms with van der Waals surface area (Å²) in [4.78, 5) is 0. The first-order valence-electron chi connectivity index (χ1n) is 7.42. The van der Waals surface area contributed by atoms with Gasteiger partial charge in [0, 0.05) is 38.6 Å². The van der Waals surface area contributed by atoms with Crippen molar-refractivity contribution in [3.8, 4) is 0 Å². The van der Waals surface area contributed by atoms with Crippen LogP contribution in [0.25, 0.3) is 0 Å². The Labute approximate surface area is 111 Å². The minimum absolute atomic E-state index is 0.438. The maximum atomic E-state index is 10.5. The van der Waals surface area contributed by atoms with Crippen LogP contribution in [0.5, 0.6) is 0 Å². The summed E-state index contributed by atoms with van der Waals surface area (Å²) in [7, 11) is 0. The summed E-state index contributed by atoms with van der Waals surface area (Å²) in [6.45, 7) is 9.19. The highest BCUT2D eigenvalue weighted by atomic mass is 16.5. The molecule has 0 aromatic rings. The predicted molar refractivity (Wildman–Crippen MR) is 73.6 cm³/mol. The summed E-state index contributed by atoms with van der Waals surface area (Å²) >= 11 is 0. The van der Waals surface area contributed by atoms with E-state index in [1.165, 1.54) is 19.3 Å². The van der Waals surface area contributed by atoms with Gasteiger partial charge in [-0.1, -0.05) is 20.8 Å². The third-order valence-electron chi connectivity index (χ3n) is 4.53. The van der Waals surface area contributed by atoms with Crippen LogP contribution in [0.3, 0.4) is 0 Å². The maximum Gasteiger partial charge on any atom is 0.0815 e. The van der Waals surface area contributed by atoms with Crippen molar-refractivity contribution >= 4 is 0 Å². The van der Waals surface area contributed by atoms with Gasteiger partial charge in [0.05, 0.1) is 5.60 Å². The van der Waals surface area contributed by atoms with Crippen LogP contribution >= 0.6 is 0 Å². The lowest BCUT2D eigenvalue weighted by Crippen LogP contribution is -2.50. The molecule has 106 valence electrons. The normalized spacial score (nSPS) is 35.3. The van der Waals surface area contributed by atoms with Crippen LogP contribution in [0.15, 0.2) is 0 Å². The van der Waals surface area contributed by atoms with Crippen LogP contribution in [-0.4, -0.2) is 36.5 Å². The van der Waals surface area contributed by atoms with Crippen molar-refractivity contribution in [3.05, 3.63) is 0 Å². The highest BCUT2D eigenvalue weighted by Gasteiger charge is 2.34. The van der Waals surface area contributed by atoms with Crippen molar-refractivity contribution in [1.82, 2.24) is 5.32 Å². The zero-order valence-electron chi connectivity index (χ0n) is 12.2. The van der Waals surface area contributed by atoms with E-state index in [1.54, 1.807) is 0 Å². The van der Waals surface area contributed by atoms with Gasteiger partial charge in [0.25, 0.3) is 0 Å². The average molecular weight is 255 g/mol. The van der Waals surface area contributed by atoms with Crippen molar-refractivity contribution in [2.24, 2.45) is 11.3 Å². The van der Waals surface area contributed by atoms with Gasteiger partial charge in [0.15, 0.2) is 0 Å². The number of rotatable bonds is 3. The fraction of sp³-hybridized carbons (Fsp3) is 1.00. The van der Waals surface area contributed by atoms with Crippen molar-refractivity contribution < 1.29 is 9.84 Å². The molecule has 0 radical (unpaired) electrons. The molecule has 2 N–H and O–H groups in total. The second kappa shape index (κ2) is 5.48. The Morgan fingerprint density at radius 3 is 2.50 bits per heavy atom. The molecule has 2 atom stereocenters.